The Morgan fingerprint density at radius 2 is 2.17 bits per heavy atom. The molecule has 0 bridgehead atoms. The van der Waals surface area contributed by atoms with Crippen LogP contribution in [0.2, 0.25) is 0 Å². The standard InChI is InChI=1S/C17H21N3O4/c1-3-12(2)24-11-16(21)18-10-13-5-4-6-14(9-13)20-8-7-15(19-20)17(22)23/h4-9,12H,3,10-11H2,1-2H3,(H,18,21)(H,22,23). The Hall–Kier alpha value is -2.67. The van der Waals surface area contributed by atoms with Crippen molar-refractivity contribution in [1.29, 1.82) is 0 Å². The highest BCUT2D eigenvalue weighted by Crippen LogP contribution is 2.11. The van der Waals surface area contributed by atoms with E-state index in [1.54, 1.807) is 6.20 Å². The van der Waals surface area contributed by atoms with Crippen molar-refractivity contribution in [3.8, 4) is 5.69 Å². The lowest BCUT2D eigenvalue weighted by Crippen LogP contribution is -2.28. The second-order valence-electron chi connectivity index (χ2n) is 5.43. The first-order valence-corrected chi connectivity index (χ1v) is 7.76. The minimum absolute atomic E-state index is 0.0177. The van der Waals surface area contributed by atoms with Gasteiger partial charge in [-0.05, 0) is 37.1 Å². The molecular formula is C17H21N3O4. The molecular weight excluding hydrogens is 310 g/mol. The van der Waals surface area contributed by atoms with Gasteiger partial charge in [0.05, 0.1) is 11.8 Å². The van der Waals surface area contributed by atoms with Gasteiger partial charge in [-0.25, -0.2) is 9.48 Å². The lowest BCUT2D eigenvalue weighted by atomic mass is 10.2. The topological polar surface area (TPSA) is 93.5 Å². The van der Waals surface area contributed by atoms with Crippen LogP contribution in [0.4, 0.5) is 0 Å². The molecule has 0 radical (unpaired) electrons. The number of aromatic nitrogens is 2. The number of hydrogen-bond acceptors (Lipinski definition) is 4. The first kappa shape index (κ1) is 17.7. The van der Waals surface area contributed by atoms with E-state index in [2.05, 4.69) is 10.4 Å². The first-order chi connectivity index (χ1) is 11.5. The predicted molar refractivity (Wildman–Crippen MR) is 88.1 cm³/mol. The van der Waals surface area contributed by atoms with Gasteiger partial charge in [-0.3, -0.25) is 4.79 Å². The maximum Gasteiger partial charge on any atom is 0.356 e. The number of amides is 1. The number of rotatable bonds is 8. The Kier molecular flexibility index (Phi) is 6.08. The second-order valence-corrected chi connectivity index (χ2v) is 5.43. The number of carbonyl (C=O) groups is 2. The van der Waals surface area contributed by atoms with Crippen molar-refractivity contribution in [3.63, 3.8) is 0 Å². The largest absolute Gasteiger partial charge is 0.476 e. The Labute approximate surface area is 140 Å². The molecule has 1 aromatic heterocycles. The molecule has 128 valence electrons. The van der Waals surface area contributed by atoms with Gasteiger partial charge in [0, 0.05) is 12.7 Å². The van der Waals surface area contributed by atoms with Crippen molar-refractivity contribution in [2.24, 2.45) is 0 Å². The van der Waals surface area contributed by atoms with Crippen molar-refractivity contribution in [1.82, 2.24) is 15.1 Å². The zero-order valence-corrected chi connectivity index (χ0v) is 13.7. The minimum atomic E-state index is -1.07. The molecule has 0 aliphatic heterocycles. The Morgan fingerprint density at radius 3 is 2.83 bits per heavy atom. The number of carboxylic acid groups (broad SMARTS) is 1. The highest BCUT2D eigenvalue weighted by molar-refractivity contribution is 5.85. The number of nitrogens with zero attached hydrogens (tertiary/aromatic N) is 2. The Bertz CT molecular complexity index is 711. The molecule has 0 spiro atoms. The van der Waals surface area contributed by atoms with Gasteiger partial charge in [0.25, 0.3) is 0 Å². The van der Waals surface area contributed by atoms with Crippen LogP contribution in [0, 0.1) is 0 Å². The molecule has 7 heteroatoms. The van der Waals surface area contributed by atoms with Gasteiger partial charge in [-0.1, -0.05) is 19.1 Å². The molecule has 0 saturated heterocycles. The molecule has 0 fully saturated rings. The average Bonchev–Trinajstić information content (AvgIpc) is 3.08. The summed E-state index contributed by atoms with van der Waals surface area (Å²) in [5.41, 5.74) is 1.60. The SMILES string of the molecule is CCC(C)OCC(=O)NCc1cccc(-n2ccc(C(=O)O)n2)c1. The summed E-state index contributed by atoms with van der Waals surface area (Å²) in [4.78, 5) is 22.6. The van der Waals surface area contributed by atoms with Gasteiger partial charge >= 0.3 is 5.97 Å². The van der Waals surface area contributed by atoms with Crippen LogP contribution in [0.5, 0.6) is 0 Å². The van der Waals surface area contributed by atoms with Gasteiger partial charge in [-0.15, -0.1) is 0 Å². The molecule has 24 heavy (non-hydrogen) atoms. The molecule has 7 nitrogen and oxygen atoms in total. The van der Waals surface area contributed by atoms with Crippen LogP contribution in [0.3, 0.4) is 0 Å². The van der Waals surface area contributed by atoms with Crippen LogP contribution in [0.15, 0.2) is 36.5 Å². The number of aromatic carboxylic acids is 1. The van der Waals surface area contributed by atoms with E-state index in [1.807, 2.05) is 38.1 Å². The fourth-order valence-corrected chi connectivity index (χ4v) is 1.98. The summed E-state index contributed by atoms with van der Waals surface area (Å²) < 4.78 is 6.86. The van der Waals surface area contributed by atoms with Crippen molar-refractivity contribution in [2.45, 2.75) is 32.9 Å². The van der Waals surface area contributed by atoms with Crippen molar-refractivity contribution in [3.05, 3.63) is 47.8 Å². The van der Waals surface area contributed by atoms with E-state index in [1.165, 1.54) is 10.7 Å². The average molecular weight is 331 g/mol. The highest BCUT2D eigenvalue weighted by atomic mass is 16.5. The fraction of sp³-hybridized carbons (Fsp3) is 0.353. The highest BCUT2D eigenvalue weighted by Gasteiger charge is 2.09. The number of hydrogen-bond donors (Lipinski definition) is 2. The third-order valence-corrected chi connectivity index (χ3v) is 3.55. The summed E-state index contributed by atoms with van der Waals surface area (Å²) in [7, 11) is 0. The van der Waals surface area contributed by atoms with E-state index < -0.39 is 5.97 Å². The third-order valence-electron chi connectivity index (χ3n) is 3.55. The molecule has 0 saturated carbocycles. The summed E-state index contributed by atoms with van der Waals surface area (Å²) in [5, 5.41) is 15.7. The van der Waals surface area contributed by atoms with Crippen LogP contribution in [0.25, 0.3) is 5.69 Å². The van der Waals surface area contributed by atoms with Crippen LogP contribution in [0.1, 0.15) is 36.3 Å². The number of nitrogens with one attached hydrogen (secondary N) is 1. The van der Waals surface area contributed by atoms with Gasteiger partial charge in [0.2, 0.25) is 5.91 Å². The van der Waals surface area contributed by atoms with Crippen molar-refractivity contribution >= 4 is 11.9 Å². The first-order valence-electron chi connectivity index (χ1n) is 7.76. The summed E-state index contributed by atoms with van der Waals surface area (Å²) in [6.45, 7) is 4.32. The molecule has 1 atom stereocenters. The number of carbonyl (C=O) groups excluding carboxylic acids is 1. The van der Waals surface area contributed by atoms with Crippen LogP contribution < -0.4 is 5.32 Å². The minimum Gasteiger partial charge on any atom is -0.476 e. The molecule has 1 heterocycles. The van der Waals surface area contributed by atoms with E-state index in [9.17, 15) is 9.59 Å². The lowest BCUT2D eigenvalue weighted by molar-refractivity contribution is -0.127. The molecule has 2 aromatic rings. The van der Waals surface area contributed by atoms with Crippen LogP contribution >= 0.6 is 0 Å². The molecule has 1 amide bonds. The van der Waals surface area contributed by atoms with Gasteiger partial charge < -0.3 is 15.2 Å². The number of carboxylic acids is 1. The second kappa shape index (κ2) is 8.26. The predicted octanol–water partition coefficient (Wildman–Crippen LogP) is 2.00. The van der Waals surface area contributed by atoms with Crippen molar-refractivity contribution < 1.29 is 19.4 Å². The zero-order chi connectivity index (χ0) is 17.5. The quantitative estimate of drug-likeness (QED) is 0.772. The molecule has 1 unspecified atom stereocenters. The number of benzene rings is 1. The lowest BCUT2D eigenvalue weighted by Gasteiger charge is -2.11. The van der Waals surface area contributed by atoms with Crippen molar-refractivity contribution in [2.75, 3.05) is 6.61 Å². The molecule has 0 aliphatic carbocycles. The van der Waals surface area contributed by atoms with Crippen LogP contribution in [-0.4, -0.2) is 39.5 Å². The fourth-order valence-electron chi connectivity index (χ4n) is 1.98. The number of ether oxygens (including phenoxy) is 1. The van der Waals surface area contributed by atoms with Gasteiger partial charge in [0.15, 0.2) is 5.69 Å². The summed E-state index contributed by atoms with van der Waals surface area (Å²) in [6, 6.07) is 8.79. The summed E-state index contributed by atoms with van der Waals surface area (Å²) in [5.74, 6) is -1.24. The maximum absolute atomic E-state index is 11.8. The maximum atomic E-state index is 11.8. The van der Waals surface area contributed by atoms with E-state index >= 15 is 0 Å². The van der Waals surface area contributed by atoms with E-state index in [-0.39, 0.29) is 24.3 Å². The molecule has 2 N–H and O–H groups in total. The normalized spacial score (nSPS) is 11.9. The zero-order valence-electron chi connectivity index (χ0n) is 13.7. The Balaban J connectivity index is 1.95. The molecule has 1 aromatic carbocycles. The molecule has 0 aliphatic rings. The third kappa shape index (κ3) is 4.92. The van der Waals surface area contributed by atoms with E-state index in [0.29, 0.717) is 6.54 Å². The van der Waals surface area contributed by atoms with Gasteiger partial charge in [-0.2, -0.15) is 5.10 Å². The smallest absolute Gasteiger partial charge is 0.356 e. The monoisotopic (exact) mass is 331 g/mol. The summed E-state index contributed by atoms with van der Waals surface area (Å²) >= 11 is 0. The van der Waals surface area contributed by atoms with E-state index in [4.69, 9.17) is 9.84 Å². The van der Waals surface area contributed by atoms with Gasteiger partial charge in [0.1, 0.15) is 6.61 Å². The Morgan fingerprint density at radius 1 is 1.38 bits per heavy atom. The van der Waals surface area contributed by atoms with E-state index in [0.717, 1.165) is 17.7 Å². The molecule has 2 rings (SSSR count). The summed E-state index contributed by atoms with van der Waals surface area (Å²) in [6.07, 6.45) is 2.50. The van der Waals surface area contributed by atoms with Crippen LogP contribution in [-0.2, 0) is 16.1 Å².